The third kappa shape index (κ3) is 4.17. The smallest absolute Gasteiger partial charge is 0.333 e. The number of nitro groups is 1. The number of nitro benzene ring substituents is 1. The Kier molecular flexibility index (Phi) is 5.26. The number of ether oxygens (including phenoxy) is 1. The van der Waals surface area contributed by atoms with Gasteiger partial charge >= 0.3 is 5.97 Å². The van der Waals surface area contributed by atoms with Gasteiger partial charge in [0, 0.05) is 46.9 Å². The lowest BCUT2D eigenvalue weighted by molar-refractivity contribution is -0.384. The van der Waals surface area contributed by atoms with Crippen molar-refractivity contribution in [2.45, 2.75) is 6.54 Å². The van der Waals surface area contributed by atoms with E-state index in [0.717, 1.165) is 11.6 Å². The fraction of sp³-hybridized carbons (Fsp3) is 0.0952. The minimum atomic E-state index is -0.971. The van der Waals surface area contributed by atoms with Crippen molar-refractivity contribution >= 4 is 45.9 Å². The second-order valence-electron chi connectivity index (χ2n) is 6.82. The van der Waals surface area contributed by atoms with Crippen LogP contribution in [0.3, 0.4) is 0 Å². The summed E-state index contributed by atoms with van der Waals surface area (Å²) < 4.78 is 6.42. The first-order valence-corrected chi connectivity index (χ1v) is 9.44. The number of ketones is 1. The minimum Gasteiger partial charge on any atom is -0.456 e. The zero-order valence-electron chi connectivity index (χ0n) is 15.8. The van der Waals surface area contributed by atoms with Gasteiger partial charge in [-0.1, -0.05) is 23.7 Å². The van der Waals surface area contributed by atoms with Crippen LogP contribution >= 0.6 is 11.6 Å². The molecular weight excluding hydrogens is 426 g/mol. The van der Waals surface area contributed by atoms with Gasteiger partial charge in [0.15, 0.2) is 0 Å². The summed E-state index contributed by atoms with van der Waals surface area (Å²) >= 11 is 5.92. The van der Waals surface area contributed by atoms with E-state index in [2.05, 4.69) is 5.32 Å². The molecule has 10 heteroatoms. The van der Waals surface area contributed by atoms with E-state index in [0.29, 0.717) is 17.1 Å². The van der Waals surface area contributed by atoms with E-state index in [9.17, 15) is 24.5 Å². The van der Waals surface area contributed by atoms with Crippen molar-refractivity contribution in [2.24, 2.45) is 0 Å². The Labute approximate surface area is 180 Å². The molecule has 0 fully saturated rings. The van der Waals surface area contributed by atoms with Crippen molar-refractivity contribution in [3.8, 4) is 0 Å². The van der Waals surface area contributed by atoms with Crippen molar-refractivity contribution in [3.63, 3.8) is 0 Å². The predicted molar refractivity (Wildman–Crippen MR) is 111 cm³/mol. The van der Waals surface area contributed by atoms with Gasteiger partial charge in [0.25, 0.3) is 17.4 Å². The van der Waals surface area contributed by atoms with Gasteiger partial charge in [-0.2, -0.15) is 0 Å². The molecule has 0 saturated heterocycles. The highest BCUT2D eigenvalue weighted by atomic mass is 35.5. The van der Waals surface area contributed by atoms with Crippen LogP contribution in [0.4, 0.5) is 5.69 Å². The molecule has 0 aliphatic carbocycles. The fourth-order valence-electron chi connectivity index (χ4n) is 3.27. The fourth-order valence-corrected chi connectivity index (χ4v) is 3.39. The number of non-ortho nitro benzene ring substituents is 1. The molecule has 156 valence electrons. The van der Waals surface area contributed by atoms with Gasteiger partial charge in [0.05, 0.1) is 16.2 Å². The first-order valence-electron chi connectivity index (χ1n) is 9.06. The lowest BCUT2D eigenvalue weighted by atomic mass is 10.1. The highest BCUT2D eigenvalue weighted by Crippen LogP contribution is 2.27. The number of nitrogens with zero attached hydrogens (tertiary/aromatic N) is 2. The molecule has 1 aromatic heterocycles. The normalized spacial score (nSPS) is 13.1. The molecule has 1 aliphatic heterocycles. The van der Waals surface area contributed by atoms with Gasteiger partial charge in [0.1, 0.15) is 6.61 Å². The molecule has 1 amide bonds. The molecule has 31 heavy (non-hydrogen) atoms. The average molecular weight is 440 g/mol. The first kappa shape index (κ1) is 20.3. The Balaban J connectivity index is 1.72. The molecule has 1 aliphatic rings. The number of fused-ring (bicyclic) bond motifs is 1. The van der Waals surface area contributed by atoms with Crippen LogP contribution in [0.5, 0.6) is 0 Å². The summed E-state index contributed by atoms with van der Waals surface area (Å²) in [6.07, 6.45) is 2.56. The number of rotatable bonds is 6. The Morgan fingerprint density at radius 1 is 1.19 bits per heavy atom. The number of benzene rings is 2. The van der Waals surface area contributed by atoms with Crippen LogP contribution in [0.25, 0.3) is 10.9 Å². The number of nitrogens with one attached hydrogen (secondary N) is 1. The van der Waals surface area contributed by atoms with Gasteiger partial charge in [0.2, 0.25) is 0 Å². The topological polar surface area (TPSA) is 121 Å². The highest BCUT2D eigenvalue weighted by molar-refractivity contribution is 6.45. The van der Waals surface area contributed by atoms with Gasteiger partial charge in [-0.05, 0) is 23.8 Å². The Bertz CT molecular complexity index is 1280. The van der Waals surface area contributed by atoms with E-state index in [-0.39, 0.29) is 28.9 Å². The maximum absolute atomic E-state index is 12.9. The van der Waals surface area contributed by atoms with Crippen molar-refractivity contribution in [3.05, 3.63) is 86.7 Å². The number of aromatic nitrogens is 1. The zero-order chi connectivity index (χ0) is 22.1. The number of Topliss-reactive ketones (excluding diaryl/α,β-unsaturated/α-hetero) is 1. The maximum Gasteiger partial charge on any atom is 0.333 e. The standard InChI is InChI=1S/C21H14ClN3O6/c22-13-3-1-12(2-4-13)9-24-10-17(16-8-15(25(29)30)5-6-18(16)24)20(27)21(28)23-14-7-19(26)31-11-14/h1-8,10H,9,11H2,(H,23,28). The quantitative estimate of drug-likeness (QED) is 0.207. The van der Waals surface area contributed by atoms with Crippen LogP contribution in [-0.2, 0) is 20.9 Å². The highest BCUT2D eigenvalue weighted by Gasteiger charge is 2.25. The van der Waals surface area contributed by atoms with Gasteiger partial charge < -0.3 is 14.6 Å². The maximum atomic E-state index is 12.9. The van der Waals surface area contributed by atoms with E-state index < -0.39 is 22.6 Å². The summed E-state index contributed by atoms with van der Waals surface area (Å²) in [6.45, 7) is 0.218. The molecule has 2 aromatic carbocycles. The van der Waals surface area contributed by atoms with Crippen molar-refractivity contribution < 1.29 is 24.0 Å². The Morgan fingerprint density at radius 3 is 2.58 bits per heavy atom. The van der Waals surface area contributed by atoms with Crippen molar-refractivity contribution in [1.29, 1.82) is 0 Å². The number of esters is 1. The van der Waals surface area contributed by atoms with Crippen LogP contribution in [0.2, 0.25) is 5.02 Å². The number of amides is 1. The van der Waals surface area contributed by atoms with E-state index in [1.54, 1.807) is 16.7 Å². The van der Waals surface area contributed by atoms with E-state index in [4.69, 9.17) is 16.3 Å². The van der Waals surface area contributed by atoms with Gasteiger partial charge in [-0.15, -0.1) is 0 Å². The monoisotopic (exact) mass is 439 g/mol. The number of hydrogen-bond donors (Lipinski definition) is 1. The van der Waals surface area contributed by atoms with Gasteiger partial charge in [-0.25, -0.2) is 4.79 Å². The Morgan fingerprint density at radius 2 is 1.94 bits per heavy atom. The molecule has 0 atom stereocenters. The lowest BCUT2D eigenvalue weighted by Crippen LogP contribution is -2.31. The molecule has 1 N–H and O–H groups in total. The van der Waals surface area contributed by atoms with Crippen LogP contribution < -0.4 is 5.32 Å². The second-order valence-corrected chi connectivity index (χ2v) is 7.25. The number of carbonyl (C=O) groups is 3. The van der Waals surface area contributed by atoms with E-state index >= 15 is 0 Å². The molecule has 0 unspecified atom stereocenters. The summed E-state index contributed by atoms with van der Waals surface area (Å²) in [5.41, 5.74) is 1.41. The molecule has 9 nitrogen and oxygen atoms in total. The number of cyclic esters (lactones) is 1. The second kappa shape index (κ2) is 8.04. The van der Waals surface area contributed by atoms with Gasteiger partial charge in [-0.3, -0.25) is 19.7 Å². The van der Waals surface area contributed by atoms with Crippen LogP contribution in [0, 0.1) is 10.1 Å². The molecule has 4 rings (SSSR count). The summed E-state index contributed by atoms with van der Waals surface area (Å²) in [6, 6.07) is 11.2. The molecule has 0 spiro atoms. The summed E-state index contributed by atoms with van der Waals surface area (Å²) in [7, 11) is 0. The van der Waals surface area contributed by atoms with E-state index in [1.807, 2.05) is 12.1 Å². The number of carbonyl (C=O) groups excluding carboxylic acids is 3. The van der Waals surface area contributed by atoms with Crippen molar-refractivity contribution in [1.82, 2.24) is 9.88 Å². The molecular formula is C21H14ClN3O6. The Hall–Kier alpha value is -3.98. The molecule has 0 saturated carbocycles. The minimum absolute atomic E-state index is 0.0102. The number of halogens is 1. The summed E-state index contributed by atoms with van der Waals surface area (Å²) in [5, 5.41) is 14.4. The third-order valence-corrected chi connectivity index (χ3v) is 4.98. The number of hydrogen-bond acceptors (Lipinski definition) is 6. The van der Waals surface area contributed by atoms with Crippen LogP contribution in [0.15, 0.2) is 60.4 Å². The zero-order valence-corrected chi connectivity index (χ0v) is 16.6. The van der Waals surface area contributed by atoms with E-state index in [1.165, 1.54) is 24.4 Å². The molecule has 2 heterocycles. The summed E-state index contributed by atoms with van der Waals surface area (Å²) in [5.74, 6) is -2.47. The predicted octanol–water partition coefficient (Wildman–Crippen LogP) is 2.99. The molecule has 0 bridgehead atoms. The first-order chi connectivity index (χ1) is 14.8. The average Bonchev–Trinajstić information content (AvgIpc) is 3.32. The molecule has 0 radical (unpaired) electrons. The third-order valence-electron chi connectivity index (χ3n) is 4.73. The van der Waals surface area contributed by atoms with Crippen molar-refractivity contribution in [2.75, 3.05) is 6.61 Å². The SMILES string of the molecule is O=C1C=C(NC(=O)C(=O)c2cn(Cc3ccc(Cl)cc3)c3ccc([N+](=O)[O-])cc23)CO1. The summed E-state index contributed by atoms with van der Waals surface area (Å²) in [4.78, 5) is 47.1. The van der Waals surface area contributed by atoms with Crippen LogP contribution in [-0.4, -0.2) is 33.8 Å². The largest absolute Gasteiger partial charge is 0.456 e. The molecule has 3 aromatic rings. The lowest BCUT2D eigenvalue weighted by Gasteiger charge is -2.05. The van der Waals surface area contributed by atoms with Crippen LogP contribution in [0.1, 0.15) is 15.9 Å².